The average molecular weight is 492 g/mol. The molecule has 2 aromatic heterocycles. The maximum absolute atomic E-state index is 13.2. The van der Waals surface area contributed by atoms with Crippen molar-refractivity contribution in [2.75, 3.05) is 24.8 Å². The Morgan fingerprint density at radius 2 is 1.91 bits per heavy atom. The van der Waals surface area contributed by atoms with E-state index in [0.29, 0.717) is 26.8 Å². The third kappa shape index (κ3) is 4.60. The quantitative estimate of drug-likeness (QED) is 0.317. The van der Waals surface area contributed by atoms with Gasteiger partial charge in [-0.1, -0.05) is 23.7 Å². The van der Waals surface area contributed by atoms with Crippen molar-refractivity contribution in [2.45, 2.75) is 6.18 Å². The molecule has 1 amide bonds. The number of aromatic nitrogens is 1. The number of carbonyl (C=O) groups excluding carboxylic acids is 1. The molecule has 5 nitrogen and oxygen atoms in total. The number of amides is 1. The predicted molar refractivity (Wildman–Crippen MR) is 126 cm³/mol. The Balaban J connectivity index is 1.69. The second-order valence-electron chi connectivity index (χ2n) is 6.98. The van der Waals surface area contributed by atoms with Crippen LogP contribution in [0.15, 0.2) is 54.6 Å². The van der Waals surface area contributed by atoms with E-state index in [0.717, 1.165) is 34.4 Å². The van der Waals surface area contributed by atoms with Gasteiger partial charge in [-0.05, 0) is 42.5 Å². The minimum absolute atomic E-state index is 0.0127. The van der Waals surface area contributed by atoms with Crippen LogP contribution in [0.25, 0.3) is 21.5 Å². The van der Waals surface area contributed by atoms with Crippen molar-refractivity contribution in [3.05, 3.63) is 70.1 Å². The molecule has 0 spiro atoms. The first kappa shape index (κ1) is 22.9. The molecule has 0 aliphatic carbocycles. The number of fused-ring (bicyclic) bond motifs is 1. The van der Waals surface area contributed by atoms with Crippen LogP contribution in [0.2, 0.25) is 5.02 Å². The summed E-state index contributed by atoms with van der Waals surface area (Å²) in [6.45, 7) is 0. The number of hydrogen-bond donors (Lipinski definition) is 2. The first-order valence-electron chi connectivity index (χ1n) is 9.65. The van der Waals surface area contributed by atoms with E-state index < -0.39 is 22.7 Å². The number of methoxy groups -OCH3 is 1. The number of ether oxygens (including phenoxy) is 1. The molecule has 0 fully saturated rings. The minimum Gasteiger partial charge on any atom is -0.497 e. The lowest BCUT2D eigenvalue weighted by atomic mass is 10.1. The Hall–Kier alpha value is -3.30. The number of hydrogen-bond acceptors (Lipinski definition) is 5. The van der Waals surface area contributed by atoms with Gasteiger partial charge in [0.1, 0.15) is 15.5 Å². The van der Waals surface area contributed by atoms with E-state index in [1.54, 1.807) is 14.2 Å². The summed E-state index contributed by atoms with van der Waals surface area (Å²) in [5, 5.41) is 5.81. The first-order chi connectivity index (χ1) is 15.7. The number of anilines is 2. The molecule has 0 radical (unpaired) electrons. The van der Waals surface area contributed by atoms with Crippen molar-refractivity contribution in [2.24, 2.45) is 0 Å². The highest BCUT2D eigenvalue weighted by atomic mass is 35.5. The highest BCUT2D eigenvalue weighted by molar-refractivity contribution is 7.21. The summed E-state index contributed by atoms with van der Waals surface area (Å²) in [6.07, 6.45) is -4.63. The molecule has 2 heterocycles. The Bertz CT molecular complexity index is 1350. The van der Waals surface area contributed by atoms with Crippen LogP contribution in [0.1, 0.15) is 15.2 Å². The second kappa shape index (κ2) is 8.92. The third-order valence-electron chi connectivity index (χ3n) is 4.91. The van der Waals surface area contributed by atoms with Gasteiger partial charge in [0.25, 0.3) is 5.91 Å². The second-order valence-corrected chi connectivity index (χ2v) is 8.39. The van der Waals surface area contributed by atoms with Crippen LogP contribution in [-0.4, -0.2) is 25.0 Å². The lowest BCUT2D eigenvalue weighted by Crippen LogP contribution is -2.13. The number of nitrogens with one attached hydrogen (secondary N) is 2. The summed E-state index contributed by atoms with van der Waals surface area (Å²) in [5.74, 6) is 0.137. The largest absolute Gasteiger partial charge is 0.497 e. The van der Waals surface area contributed by atoms with Crippen molar-refractivity contribution in [1.29, 1.82) is 0 Å². The molecule has 2 N–H and O–H groups in total. The van der Waals surface area contributed by atoms with Crippen LogP contribution in [0.4, 0.5) is 24.5 Å². The third-order valence-corrected chi connectivity index (χ3v) is 6.33. The van der Waals surface area contributed by atoms with Gasteiger partial charge in [-0.3, -0.25) is 4.79 Å². The minimum atomic E-state index is -4.63. The molecule has 4 aromatic rings. The smallest absolute Gasteiger partial charge is 0.417 e. The molecular weight excluding hydrogens is 475 g/mol. The van der Waals surface area contributed by atoms with E-state index in [1.165, 1.54) is 6.07 Å². The molecule has 0 aliphatic heterocycles. The molecule has 33 heavy (non-hydrogen) atoms. The summed E-state index contributed by atoms with van der Waals surface area (Å²) in [6, 6.07) is 14.4. The number of alkyl halides is 3. The molecule has 10 heteroatoms. The number of halogens is 4. The highest BCUT2D eigenvalue weighted by Crippen LogP contribution is 2.38. The van der Waals surface area contributed by atoms with Gasteiger partial charge in [-0.15, -0.1) is 11.3 Å². The van der Waals surface area contributed by atoms with Crippen molar-refractivity contribution < 1.29 is 22.7 Å². The van der Waals surface area contributed by atoms with Gasteiger partial charge in [-0.2, -0.15) is 13.2 Å². The number of benzene rings is 2. The normalized spacial score (nSPS) is 11.5. The zero-order valence-corrected chi connectivity index (χ0v) is 19.0. The van der Waals surface area contributed by atoms with Gasteiger partial charge in [-0.25, -0.2) is 4.98 Å². The zero-order chi connectivity index (χ0) is 23.8. The van der Waals surface area contributed by atoms with Gasteiger partial charge in [0.05, 0.1) is 29.1 Å². The molecular formula is C23H17ClF3N3O2S. The van der Waals surface area contributed by atoms with E-state index in [2.05, 4.69) is 15.6 Å². The summed E-state index contributed by atoms with van der Waals surface area (Å²) >= 11 is 6.81. The van der Waals surface area contributed by atoms with Gasteiger partial charge in [0.15, 0.2) is 0 Å². The highest BCUT2D eigenvalue weighted by Gasteiger charge is 2.33. The maximum atomic E-state index is 13.2. The Morgan fingerprint density at radius 1 is 1.12 bits per heavy atom. The Morgan fingerprint density at radius 3 is 2.61 bits per heavy atom. The monoisotopic (exact) mass is 491 g/mol. The van der Waals surface area contributed by atoms with Crippen molar-refractivity contribution in [1.82, 2.24) is 4.98 Å². The average Bonchev–Trinajstić information content (AvgIpc) is 3.17. The summed E-state index contributed by atoms with van der Waals surface area (Å²) < 4.78 is 44.7. The summed E-state index contributed by atoms with van der Waals surface area (Å²) in [5.41, 5.74) is 1.06. The van der Waals surface area contributed by atoms with Crippen molar-refractivity contribution >= 4 is 50.4 Å². The van der Waals surface area contributed by atoms with E-state index >= 15 is 0 Å². The van der Waals surface area contributed by atoms with Gasteiger partial charge in [0.2, 0.25) is 0 Å². The molecule has 2 aromatic carbocycles. The molecule has 0 saturated carbocycles. The van der Waals surface area contributed by atoms with Crippen LogP contribution in [0, 0.1) is 0 Å². The molecule has 0 atom stereocenters. The molecule has 4 rings (SSSR count). The number of nitrogens with zero attached hydrogens (tertiary/aromatic N) is 1. The molecule has 0 bridgehead atoms. The van der Waals surface area contributed by atoms with Crippen LogP contribution >= 0.6 is 22.9 Å². The van der Waals surface area contributed by atoms with E-state index in [1.807, 2.05) is 36.4 Å². The Kier molecular flexibility index (Phi) is 6.18. The van der Waals surface area contributed by atoms with Crippen molar-refractivity contribution in [3.8, 4) is 17.0 Å². The lowest BCUT2D eigenvalue weighted by Gasteiger charge is -2.12. The standard InChI is InChI=1S/C23H17ClF3N3O2S/c1-28-19-15-7-9-18(12-4-3-5-14(10-12)32-2)30-22(15)33-20(19)21(31)29-13-6-8-17(24)16(11-13)23(25,26)27/h3-11,28H,1-2H3,(H,29,31). The molecule has 170 valence electrons. The summed E-state index contributed by atoms with van der Waals surface area (Å²) in [4.78, 5) is 18.5. The molecule has 0 aliphatic rings. The van der Waals surface area contributed by atoms with Crippen LogP contribution in [-0.2, 0) is 6.18 Å². The van der Waals surface area contributed by atoms with Crippen LogP contribution in [0.3, 0.4) is 0 Å². The van der Waals surface area contributed by atoms with E-state index in [4.69, 9.17) is 16.3 Å². The number of rotatable bonds is 5. The topological polar surface area (TPSA) is 63.2 Å². The fraction of sp³-hybridized carbons (Fsp3) is 0.130. The summed E-state index contributed by atoms with van der Waals surface area (Å²) in [7, 11) is 3.25. The fourth-order valence-electron chi connectivity index (χ4n) is 3.34. The molecule has 0 saturated heterocycles. The number of pyridine rings is 1. The van der Waals surface area contributed by atoms with Gasteiger partial charge >= 0.3 is 6.18 Å². The fourth-order valence-corrected chi connectivity index (χ4v) is 4.64. The predicted octanol–water partition coefficient (Wildman–Crippen LogP) is 6.94. The molecule has 0 unspecified atom stereocenters. The first-order valence-corrected chi connectivity index (χ1v) is 10.8. The maximum Gasteiger partial charge on any atom is 0.417 e. The Labute approximate surface area is 196 Å². The van der Waals surface area contributed by atoms with Crippen LogP contribution < -0.4 is 15.4 Å². The zero-order valence-electron chi connectivity index (χ0n) is 17.4. The number of thiophene rings is 1. The van der Waals surface area contributed by atoms with Gasteiger partial charge < -0.3 is 15.4 Å². The van der Waals surface area contributed by atoms with E-state index in [9.17, 15) is 18.0 Å². The van der Waals surface area contributed by atoms with E-state index in [-0.39, 0.29) is 5.69 Å². The van der Waals surface area contributed by atoms with Gasteiger partial charge in [0, 0.05) is 23.7 Å². The number of carbonyl (C=O) groups is 1. The van der Waals surface area contributed by atoms with Crippen molar-refractivity contribution in [3.63, 3.8) is 0 Å². The van der Waals surface area contributed by atoms with Crippen LogP contribution in [0.5, 0.6) is 5.75 Å². The lowest BCUT2D eigenvalue weighted by molar-refractivity contribution is -0.137. The SMILES string of the molecule is CNc1c(C(=O)Nc2ccc(Cl)c(C(F)(F)F)c2)sc2nc(-c3cccc(OC)c3)ccc12.